The first-order chi connectivity index (χ1) is 26.1. The first-order valence-electron chi connectivity index (χ1n) is 20.3. The molecule has 0 fully saturated rings. The van der Waals surface area contributed by atoms with Crippen molar-refractivity contribution in [1.29, 1.82) is 0 Å². The van der Waals surface area contributed by atoms with Crippen LogP contribution in [0.1, 0.15) is 66.0 Å². The molecule has 0 atom stereocenters. The predicted octanol–water partition coefficient (Wildman–Crippen LogP) is 15.7. The molecule has 56 heavy (non-hydrogen) atoms. The summed E-state index contributed by atoms with van der Waals surface area (Å²) < 4.78 is 0. The number of benzene rings is 4. The minimum absolute atomic E-state index is 0.323. The quantitative estimate of drug-likeness (QED) is 0.105. The van der Waals surface area contributed by atoms with Crippen molar-refractivity contribution in [3.8, 4) is 22.3 Å². The fraction of sp³-hybridized carbons (Fsp3) is 0.400. The SMILES string of the molecule is CC(C)(C)Cc1cc2c(-c3ccc([Si](C)(C)C)cc3)cccc2[cH-]1.CC(C)(C)Cc1cc2c(-c3ccc([Si](C)(C)C)cc3)cccc2[cH-]1.CCC[Si]C.[Cl][Zr+2][Cl]. The topological polar surface area (TPSA) is 0 Å². The molecule has 0 heterocycles. The van der Waals surface area contributed by atoms with Crippen LogP contribution in [0.15, 0.2) is 109 Å². The fourth-order valence-electron chi connectivity index (χ4n) is 7.08. The summed E-state index contributed by atoms with van der Waals surface area (Å²) >= 11 is -0.826. The second-order valence-electron chi connectivity index (χ2n) is 19.6. The molecule has 0 aliphatic carbocycles. The summed E-state index contributed by atoms with van der Waals surface area (Å²) in [5.41, 5.74) is 8.91. The molecule has 0 aliphatic heterocycles. The van der Waals surface area contributed by atoms with Gasteiger partial charge < -0.3 is 0 Å². The summed E-state index contributed by atoms with van der Waals surface area (Å²) in [7, 11) is 8.56. The molecule has 0 nitrogen and oxygen atoms in total. The molecular formula is C50H68Cl2Si3Zr. The predicted molar refractivity (Wildman–Crippen MR) is 261 cm³/mol. The van der Waals surface area contributed by atoms with E-state index in [2.05, 4.69) is 203 Å². The number of halogens is 2. The molecule has 0 N–H and O–H groups in total. The van der Waals surface area contributed by atoms with E-state index in [-0.39, 0.29) is 0 Å². The number of hydrogen-bond donors (Lipinski definition) is 0. The zero-order chi connectivity index (χ0) is 41.9. The summed E-state index contributed by atoms with van der Waals surface area (Å²) in [6, 6.07) is 42.8. The van der Waals surface area contributed by atoms with Crippen LogP contribution < -0.4 is 10.4 Å². The van der Waals surface area contributed by atoms with Crippen LogP contribution in [-0.2, 0) is 33.7 Å². The van der Waals surface area contributed by atoms with Gasteiger partial charge >= 0.3 is 37.9 Å². The first-order valence-corrected chi connectivity index (χ1v) is 35.3. The molecule has 0 saturated carbocycles. The van der Waals surface area contributed by atoms with Crippen LogP contribution in [0.4, 0.5) is 0 Å². The molecular weight excluding hydrogens is 847 g/mol. The number of fused-ring (bicyclic) bond motifs is 2. The molecule has 0 aliphatic rings. The van der Waals surface area contributed by atoms with Crippen molar-refractivity contribution in [3.63, 3.8) is 0 Å². The van der Waals surface area contributed by atoms with E-state index in [1.165, 1.54) is 77.8 Å². The van der Waals surface area contributed by atoms with Crippen molar-refractivity contribution in [2.45, 2.75) is 120 Å². The molecule has 298 valence electrons. The van der Waals surface area contributed by atoms with Gasteiger partial charge in [0, 0.05) is 9.52 Å². The summed E-state index contributed by atoms with van der Waals surface area (Å²) in [5.74, 6) is 0. The van der Waals surface area contributed by atoms with E-state index in [0.29, 0.717) is 10.8 Å². The van der Waals surface area contributed by atoms with E-state index in [1.54, 1.807) is 0 Å². The molecule has 6 heteroatoms. The Kier molecular flexibility index (Phi) is 18.6. The van der Waals surface area contributed by atoms with Gasteiger partial charge in [0.2, 0.25) is 0 Å². The second kappa shape index (κ2) is 21.5. The van der Waals surface area contributed by atoms with Gasteiger partial charge in [-0.25, -0.2) is 0 Å². The van der Waals surface area contributed by atoms with Crippen molar-refractivity contribution < 1.29 is 20.8 Å². The monoisotopic (exact) mass is 912 g/mol. The third-order valence-corrected chi connectivity index (χ3v) is 14.8. The average Bonchev–Trinajstić information content (AvgIpc) is 3.70. The number of rotatable bonds is 8. The van der Waals surface area contributed by atoms with Gasteiger partial charge in [0.1, 0.15) is 0 Å². The van der Waals surface area contributed by atoms with Crippen LogP contribution in [-0.4, -0.2) is 25.7 Å². The van der Waals surface area contributed by atoms with Crippen molar-refractivity contribution >= 4 is 74.6 Å². The number of hydrogen-bond acceptors (Lipinski definition) is 0. The summed E-state index contributed by atoms with van der Waals surface area (Å²) in [6.45, 7) is 32.7. The Morgan fingerprint density at radius 3 is 1.16 bits per heavy atom. The second-order valence-corrected chi connectivity index (χ2v) is 34.7. The molecule has 0 unspecified atom stereocenters. The van der Waals surface area contributed by atoms with Crippen molar-refractivity contribution in [3.05, 3.63) is 120 Å². The van der Waals surface area contributed by atoms with Crippen LogP contribution >= 0.6 is 17.0 Å². The Morgan fingerprint density at radius 1 is 0.571 bits per heavy atom. The van der Waals surface area contributed by atoms with E-state index in [0.717, 1.165) is 22.4 Å². The van der Waals surface area contributed by atoms with Gasteiger partial charge in [-0.2, -0.15) is 12.1 Å². The van der Waals surface area contributed by atoms with Gasteiger partial charge in [-0.15, -0.1) is 69.1 Å². The zero-order valence-corrected chi connectivity index (χ0v) is 43.9. The van der Waals surface area contributed by atoms with Gasteiger partial charge in [-0.05, 0) is 34.8 Å². The van der Waals surface area contributed by atoms with E-state index >= 15 is 0 Å². The van der Waals surface area contributed by atoms with Gasteiger partial charge in [0.05, 0.1) is 16.1 Å². The molecule has 0 saturated heterocycles. The Morgan fingerprint density at radius 2 is 0.911 bits per heavy atom. The standard InChI is InChI=1S/2C23H29Si.C4H10Si.2ClH.Zr/c2*1-23(2,3)16-17-14-19-8-7-9-21(22(19)15-17)18-10-12-20(13-11-18)24(4,5)6;1-3-4-5-2;;;/h2*7-15H,16H2,1-6H3;3-4H2,1-2H3;2*1H;/q2*-1;;;;+4/p-2. The molecule has 6 aromatic rings. The molecule has 0 spiro atoms. The molecule has 2 radical (unpaired) electrons. The van der Waals surface area contributed by atoms with Crippen molar-refractivity contribution in [2.75, 3.05) is 0 Å². The van der Waals surface area contributed by atoms with Gasteiger partial charge in [-0.1, -0.05) is 189 Å². The fourth-order valence-corrected chi connectivity index (χ4v) is 9.91. The Hall–Kier alpha value is -1.79. The Labute approximate surface area is 365 Å². The third kappa shape index (κ3) is 15.4. The maximum atomic E-state index is 4.93. The van der Waals surface area contributed by atoms with Crippen molar-refractivity contribution in [1.82, 2.24) is 0 Å². The summed E-state index contributed by atoms with van der Waals surface area (Å²) in [6.07, 6.45) is 3.60. The van der Waals surface area contributed by atoms with Gasteiger partial charge in [0.15, 0.2) is 0 Å². The molecule has 6 aromatic carbocycles. The third-order valence-electron chi connectivity index (χ3n) is 9.71. The summed E-state index contributed by atoms with van der Waals surface area (Å²) in [4.78, 5) is 0. The normalized spacial score (nSPS) is 11.9. The van der Waals surface area contributed by atoms with Crippen LogP contribution in [0.3, 0.4) is 0 Å². The minimum atomic E-state index is -1.23. The van der Waals surface area contributed by atoms with Gasteiger partial charge in [-0.3, -0.25) is 0 Å². The molecule has 6 rings (SSSR count). The van der Waals surface area contributed by atoms with E-state index < -0.39 is 37.0 Å². The van der Waals surface area contributed by atoms with E-state index in [9.17, 15) is 0 Å². The Bertz CT molecular complexity index is 1910. The van der Waals surface area contributed by atoms with E-state index in [1.807, 2.05) is 0 Å². The molecule has 0 amide bonds. The maximum absolute atomic E-state index is 4.93. The summed E-state index contributed by atoms with van der Waals surface area (Å²) in [5, 5.41) is 8.54. The van der Waals surface area contributed by atoms with Crippen molar-refractivity contribution in [2.24, 2.45) is 10.8 Å². The molecule has 0 aromatic heterocycles. The Balaban J connectivity index is 0.000000252. The van der Waals surface area contributed by atoms with Crippen LogP contribution in [0.2, 0.25) is 51.9 Å². The van der Waals surface area contributed by atoms with Crippen LogP contribution in [0.25, 0.3) is 43.8 Å². The zero-order valence-electron chi connectivity index (χ0n) is 37.0. The van der Waals surface area contributed by atoms with Crippen LogP contribution in [0.5, 0.6) is 0 Å². The first kappa shape index (κ1) is 48.6. The average molecular weight is 915 g/mol. The van der Waals surface area contributed by atoms with Gasteiger partial charge in [0.25, 0.3) is 0 Å². The van der Waals surface area contributed by atoms with E-state index in [4.69, 9.17) is 17.0 Å². The molecule has 0 bridgehead atoms. The van der Waals surface area contributed by atoms with Crippen LogP contribution in [0, 0.1) is 10.8 Å².